The number of hydrogen-bond donors (Lipinski definition) is 2. The number of carbonyl (C=O) groups excluding carboxylic acids is 2. The van der Waals surface area contributed by atoms with Crippen LogP contribution in [0.15, 0.2) is 48.5 Å². The lowest BCUT2D eigenvalue weighted by Crippen LogP contribution is -2.48. The molecule has 1 aliphatic heterocycles. The summed E-state index contributed by atoms with van der Waals surface area (Å²) in [5.41, 5.74) is 4.81. The lowest BCUT2D eigenvalue weighted by atomic mass is 9.98. The van der Waals surface area contributed by atoms with Gasteiger partial charge in [0.1, 0.15) is 6.61 Å². The first kappa shape index (κ1) is 15.7. The molecule has 2 amide bonds. The van der Waals surface area contributed by atoms with E-state index in [-0.39, 0.29) is 17.9 Å². The molecule has 25 heavy (non-hydrogen) atoms. The molecule has 0 saturated carbocycles. The van der Waals surface area contributed by atoms with Gasteiger partial charge in [-0.25, -0.2) is 4.79 Å². The molecule has 5 nitrogen and oxygen atoms in total. The van der Waals surface area contributed by atoms with E-state index in [2.05, 4.69) is 34.9 Å². The Morgan fingerprint density at radius 3 is 2.32 bits per heavy atom. The molecule has 0 bridgehead atoms. The average molecular weight is 336 g/mol. The Kier molecular flexibility index (Phi) is 4.14. The Labute approximate surface area is 146 Å². The number of nitrogens with one attached hydrogen (secondary N) is 2. The van der Waals surface area contributed by atoms with Crippen LogP contribution in [-0.4, -0.2) is 31.2 Å². The Morgan fingerprint density at radius 2 is 1.72 bits per heavy atom. The molecule has 1 aliphatic carbocycles. The number of hydrogen-bond acceptors (Lipinski definition) is 3. The van der Waals surface area contributed by atoms with E-state index >= 15 is 0 Å². The first-order chi connectivity index (χ1) is 12.2. The van der Waals surface area contributed by atoms with Crippen molar-refractivity contribution in [3.63, 3.8) is 0 Å². The van der Waals surface area contributed by atoms with E-state index in [9.17, 15) is 9.59 Å². The molecule has 128 valence electrons. The standard InChI is InChI=1S/C20H20N2O3/c23-19-10-9-13(11-21-19)22-20(24)25-12-18-16-7-3-1-5-14(16)15-6-2-4-8-17(15)18/h1-8,13,18H,9-12H2,(H,21,23)(H,22,24). The largest absolute Gasteiger partial charge is 0.449 e. The molecule has 4 rings (SSSR count). The molecule has 1 fully saturated rings. The van der Waals surface area contributed by atoms with E-state index in [0.717, 1.165) is 0 Å². The zero-order valence-corrected chi connectivity index (χ0v) is 13.8. The highest BCUT2D eigenvalue weighted by molar-refractivity contribution is 5.79. The minimum absolute atomic E-state index is 0.0330. The van der Waals surface area contributed by atoms with Crippen LogP contribution in [0, 0.1) is 0 Å². The topological polar surface area (TPSA) is 67.4 Å². The highest BCUT2D eigenvalue weighted by Gasteiger charge is 2.29. The van der Waals surface area contributed by atoms with Crippen molar-refractivity contribution >= 4 is 12.0 Å². The van der Waals surface area contributed by atoms with Crippen molar-refractivity contribution in [2.75, 3.05) is 13.2 Å². The van der Waals surface area contributed by atoms with Gasteiger partial charge in [0.15, 0.2) is 0 Å². The van der Waals surface area contributed by atoms with Crippen molar-refractivity contribution in [1.82, 2.24) is 10.6 Å². The van der Waals surface area contributed by atoms with Gasteiger partial charge in [0.25, 0.3) is 0 Å². The summed E-state index contributed by atoms with van der Waals surface area (Å²) in [5.74, 6) is 0.0924. The van der Waals surface area contributed by atoms with Crippen LogP contribution in [-0.2, 0) is 9.53 Å². The monoisotopic (exact) mass is 336 g/mol. The minimum Gasteiger partial charge on any atom is -0.449 e. The SMILES string of the molecule is O=C1CCC(NC(=O)OCC2c3ccccc3-c3ccccc32)CN1. The van der Waals surface area contributed by atoms with Crippen molar-refractivity contribution < 1.29 is 14.3 Å². The van der Waals surface area contributed by atoms with E-state index in [0.29, 0.717) is 26.0 Å². The second kappa shape index (κ2) is 6.59. The number of amides is 2. The van der Waals surface area contributed by atoms with Crippen LogP contribution in [0.3, 0.4) is 0 Å². The molecule has 2 aromatic rings. The zero-order chi connectivity index (χ0) is 17.2. The highest BCUT2D eigenvalue weighted by atomic mass is 16.5. The molecule has 2 aromatic carbocycles. The van der Waals surface area contributed by atoms with E-state index < -0.39 is 6.09 Å². The van der Waals surface area contributed by atoms with Gasteiger partial charge in [-0.05, 0) is 28.7 Å². The normalized spacial score (nSPS) is 18.9. The molecule has 1 saturated heterocycles. The fourth-order valence-electron chi connectivity index (χ4n) is 3.66. The summed E-state index contributed by atoms with van der Waals surface area (Å²) in [6.45, 7) is 0.766. The number of carbonyl (C=O) groups is 2. The van der Waals surface area contributed by atoms with Gasteiger partial charge in [0, 0.05) is 18.9 Å². The van der Waals surface area contributed by atoms with Gasteiger partial charge in [-0.2, -0.15) is 0 Å². The molecule has 0 aromatic heterocycles. The summed E-state index contributed by atoms with van der Waals surface area (Å²) in [6, 6.07) is 16.4. The third-order valence-corrected chi connectivity index (χ3v) is 4.93. The molecule has 2 N–H and O–H groups in total. The highest BCUT2D eigenvalue weighted by Crippen LogP contribution is 2.44. The number of fused-ring (bicyclic) bond motifs is 3. The van der Waals surface area contributed by atoms with Gasteiger partial charge in [0.2, 0.25) is 5.91 Å². The first-order valence-electron chi connectivity index (χ1n) is 8.60. The first-order valence-corrected chi connectivity index (χ1v) is 8.60. The number of rotatable bonds is 3. The van der Waals surface area contributed by atoms with Gasteiger partial charge in [0.05, 0.1) is 6.04 Å². The van der Waals surface area contributed by atoms with Crippen LogP contribution in [0.1, 0.15) is 29.9 Å². The van der Waals surface area contributed by atoms with Crippen LogP contribution in [0.5, 0.6) is 0 Å². The molecule has 1 unspecified atom stereocenters. The van der Waals surface area contributed by atoms with Crippen LogP contribution in [0.2, 0.25) is 0 Å². The van der Waals surface area contributed by atoms with E-state index in [1.807, 2.05) is 24.3 Å². The van der Waals surface area contributed by atoms with Gasteiger partial charge < -0.3 is 15.4 Å². The summed E-state index contributed by atoms with van der Waals surface area (Å²) >= 11 is 0. The Morgan fingerprint density at radius 1 is 1.08 bits per heavy atom. The number of piperidine rings is 1. The third kappa shape index (κ3) is 3.09. The maximum absolute atomic E-state index is 12.1. The maximum Gasteiger partial charge on any atom is 0.407 e. The van der Waals surface area contributed by atoms with E-state index in [1.54, 1.807) is 0 Å². The van der Waals surface area contributed by atoms with Crippen molar-refractivity contribution in [2.45, 2.75) is 24.8 Å². The minimum atomic E-state index is -0.428. The van der Waals surface area contributed by atoms with Crippen LogP contribution in [0.4, 0.5) is 4.79 Å². The lowest BCUT2D eigenvalue weighted by Gasteiger charge is -2.23. The van der Waals surface area contributed by atoms with Crippen molar-refractivity contribution in [3.05, 3.63) is 59.7 Å². The van der Waals surface area contributed by atoms with E-state index in [4.69, 9.17) is 4.74 Å². The quantitative estimate of drug-likeness (QED) is 0.906. The predicted octanol–water partition coefficient (Wildman–Crippen LogP) is 2.80. The van der Waals surface area contributed by atoms with Gasteiger partial charge in [-0.15, -0.1) is 0 Å². The summed E-state index contributed by atoms with van der Waals surface area (Å²) < 4.78 is 5.51. The Bertz CT molecular complexity index is 763. The smallest absolute Gasteiger partial charge is 0.407 e. The second-order valence-corrected chi connectivity index (χ2v) is 6.51. The lowest BCUT2D eigenvalue weighted by molar-refractivity contribution is -0.122. The van der Waals surface area contributed by atoms with Crippen LogP contribution < -0.4 is 10.6 Å². The van der Waals surface area contributed by atoms with Crippen molar-refractivity contribution in [2.24, 2.45) is 0 Å². The molecule has 1 atom stereocenters. The molecular weight excluding hydrogens is 316 g/mol. The van der Waals surface area contributed by atoms with Crippen molar-refractivity contribution in [1.29, 1.82) is 0 Å². The number of ether oxygens (including phenoxy) is 1. The molecular formula is C20H20N2O3. The van der Waals surface area contributed by atoms with Crippen molar-refractivity contribution in [3.8, 4) is 11.1 Å². The summed E-state index contributed by atoms with van der Waals surface area (Å²) in [4.78, 5) is 23.3. The molecule has 0 radical (unpaired) electrons. The zero-order valence-electron chi connectivity index (χ0n) is 13.8. The second-order valence-electron chi connectivity index (χ2n) is 6.51. The molecule has 0 spiro atoms. The van der Waals surface area contributed by atoms with Crippen LogP contribution in [0.25, 0.3) is 11.1 Å². The number of benzene rings is 2. The summed E-state index contributed by atoms with van der Waals surface area (Å²) in [6.07, 6.45) is 0.660. The third-order valence-electron chi connectivity index (χ3n) is 4.93. The Balaban J connectivity index is 1.43. The maximum atomic E-state index is 12.1. The number of alkyl carbamates (subject to hydrolysis) is 1. The fraction of sp³-hybridized carbons (Fsp3) is 0.300. The summed E-state index contributed by atoms with van der Waals surface area (Å²) in [5, 5.41) is 5.59. The molecule has 5 heteroatoms. The summed E-state index contributed by atoms with van der Waals surface area (Å²) in [7, 11) is 0. The van der Waals surface area contributed by atoms with Gasteiger partial charge in [-0.3, -0.25) is 4.79 Å². The average Bonchev–Trinajstić information content (AvgIpc) is 2.96. The van der Waals surface area contributed by atoms with Gasteiger partial charge >= 0.3 is 6.09 Å². The molecule has 2 aliphatic rings. The molecule has 1 heterocycles. The predicted molar refractivity (Wildman–Crippen MR) is 94.2 cm³/mol. The van der Waals surface area contributed by atoms with Crippen LogP contribution >= 0.6 is 0 Å². The Hall–Kier alpha value is -2.82. The fourth-order valence-corrected chi connectivity index (χ4v) is 3.66. The van der Waals surface area contributed by atoms with Gasteiger partial charge in [-0.1, -0.05) is 48.5 Å². The van der Waals surface area contributed by atoms with E-state index in [1.165, 1.54) is 22.3 Å².